The highest BCUT2D eigenvalue weighted by atomic mass is 35.5. The molecule has 0 radical (unpaired) electrons. The second-order valence-electron chi connectivity index (χ2n) is 7.10. The fourth-order valence-electron chi connectivity index (χ4n) is 3.29. The van der Waals surface area contributed by atoms with Crippen LogP contribution in [0.1, 0.15) is 37.2 Å². The first-order valence-corrected chi connectivity index (χ1v) is 11.0. The second-order valence-corrected chi connectivity index (χ2v) is 8.90. The van der Waals surface area contributed by atoms with Crippen molar-refractivity contribution in [1.82, 2.24) is 4.57 Å². The molecule has 0 spiro atoms. The van der Waals surface area contributed by atoms with Crippen molar-refractivity contribution >= 4 is 29.3 Å². The number of halogens is 1. The molecule has 29 heavy (non-hydrogen) atoms. The summed E-state index contributed by atoms with van der Waals surface area (Å²) in [6.07, 6.45) is 1.41. The zero-order valence-electron chi connectivity index (χ0n) is 16.6. The van der Waals surface area contributed by atoms with Crippen molar-refractivity contribution in [3.63, 3.8) is 0 Å². The maximum Gasteiger partial charge on any atom is 0.341 e. The molecule has 1 aromatic carbocycles. The van der Waals surface area contributed by atoms with Gasteiger partial charge in [0.15, 0.2) is 5.43 Å². The predicted octanol–water partition coefficient (Wildman–Crippen LogP) is 4.59. The van der Waals surface area contributed by atoms with Crippen molar-refractivity contribution in [1.29, 1.82) is 0 Å². The van der Waals surface area contributed by atoms with Crippen LogP contribution in [0.2, 0.25) is 5.02 Å². The maximum absolute atomic E-state index is 12.4. The molecule has 0 amide bonds. The van der Waals surface area contributed by atoms with E-state index in [1.807, 2.05) is 18.4 Å². The van der Waals surface area contributed by atoms with Crippen LogP contribution in [0.5, 0.6) is 11.5 Å². The third-order valence-electron chi connectivity index (χ3n) is 4.85. The second kappa shape index (κ2) is 9.13. The molecular formula is C21H24ClNO5S. The van der Waals surface area contributed by atoms with Crippen molar-refractivity contribution in [2.45, 2.75) is 26.8 Å². The molecule has 1 aliphatic heterocycles. The number of ether oxygens (including phenoxy) is 2. The first-order valence-electron chi connectivity index (χ1n) is 9.50. The predicted molar refractivity (Wildman–Crippen MR) is 116 cm³/mol. The van der Waals surface area contributed by atoms with Crippen LogP contribution in [0.25, 0.3) is 11.3 Å². The Bertz CT molecular complexity index is 972. The Labute approximate surface area is 178 Å². The van der Waals surface area contributed by atoms with Gasteiger partial charge in [0, 0.05) is 29.6 Å². The maximum atomic E-state index is 12.4. The minimum absolute atomic E-state index is 0.139. The molecular weight excluding hydrogens is 414 g/mol. The van der Waals surface area contributed by atoms with Crippen LogP contribution in [-0.2, 0) is 0 Å². The molecule has 1 unspecified atom stereocenters. The first-order chi connectivity index (χ1) is 13.8. The van der Waals surface area contributed by atoms with Crippen molar-refractivity contribution in [2.24, 2.45) is 5.92 Å². The number of nitrogens with zero attached hydrogens (tertiary/aromatic N) is 1. The Balaban J connectivity index is 2.09. The van der Waals surface area contributed by atoms with Crippen LogP contribution in [0.15, 0.2) is 29.2 Å². The Morgan fingerprint density at radius 3 is 2.83 bits per heavy atom. The van der Waals surface area contributed by atoms with Crippen LogP contribution in [-0.4, -0.2) is 40.4 Å². The summed E-state index contributed by atoms with van der Waals surface area (Å²) in [6.45, 7) is 7.02. The third-order valence-corrected chi connectivity index (χ3v) is 6.00. The summed E-state index contributed by atoms with van der Waals surface area (Å²) < 4.78 is 13.7. The van der Waals surface area contributed by atoms with Gasteiger partial charge in [-0.25, -0.2) is 4.79 Å². The molecule has 8 heteroatoms. The van der Waals surface area contributed by atoms with E-state index in [9.17, 15) is 14.7 Å². The molecule has 0 bridgehead atoms. The lowest BCUT2D eigenvalue weighted by molar-refractivity contribution is 0.0694. The molecule has 1 atom stereocenters. The number of carboxylic acid groups (broad SMARTS) is 1. The molecule has 0 saturated carbocycles. The summed E-state index contributed by atoms with van der Waals surface area (Å²) in [7, 11) is 0. The molecule has 0 fully saturated rings. The number of hydrogen-bond donors (Lipinski definition) is 1. The summed E-state index contributed by atoms with van der Waals surface area (Å²) in [5, 5.41) is 9.79. The highest BCUT2D eigenvalue weighted by Gasteiger charge is 2.27. The third kappa shape index (κ3) is 4.56. The molecule has 0 saturated heterocycles. The number of pyridine rings is 1. The Kier molecular flexibility index (Phi) is 6.80. The number of fused-ring (bicyclic) bond motifs is 3. The average Bonchev–Trinajstić information content (AvgIpc) is 2.81. The zero-order valence-corrected chi connectivity index (χ0v) is 18.2. The van der Waals surface area contributed by atoms with E-state index in [2.05, 4.69) is 6.92 Å². The normalized spacial score (nSPS) is 15.3. The quantitative estimate of drug-likeness (QED) is 0.638. The molecule has 1 aromatic heterocycles. The molecule has 3 rings (SSSR count). The summed E-state index contributed by atoms with van der Waals surface area (Å²) >= 11 is 8.22. The van der Waals surface area contributed by atoms with E-state index in [1.165, 1.54) is 12.3 Å². The SMILES string of the molecule is CCSCCOc1cc2c(cc1Cl)-c1cc(=O)c(C(=O)O)cn1C(C(C)C)CO2. The molecule has 2 heterocycles. The summed E-state index contributed by atoms with van der Waals surface area (Å²) in [6, 6.07) is 4.67. The highest BCUT2D eigenvalue weighted by Crippen LogP contribution is 2.42. The number of hydrogen-bond acceptors (Lipinski definition) is 5. The number of carbonyl (C=O) groups is 1. The minimum Gasteiger partial charge on any atom is -0.491 e. The molecule has 2 aromatic rings. The topological polar surface area (TPSA) is 77.8 Å². The first kappa shape index (κ1) is 21.6. The Hall–Kier alpha value is -2.12. The van der Waals surface area contributed by atoms with E-state index in [4.69, 9.17) is 21.1 Å². The van der Waals surface area contributed by atoms with Gasteiger partial charge in [-0.3, -0.25) is 4.79 Å². The van der Waals surface area contributed by atoms with Crippen LogP contribution < -0.4 is 14.9 Å². The van der Waals surface area contributed by atoms with Gasteiger partial charge in [0.1, 0.15) is 23.7 Å². The van der Waals surface area contributed by atoms with Crippen molar-refractivity contribution in [3.8, 4) is 22.8 Å². The molecule has 1 N–H and O–H groups in total. The van der Waals surface area contributed by atoms with Crippen LogP contribution >= 0.6 is 23.4 Å². The number of benzene rings is 1. The monoisotopic (exact) mass is 437 g/mol. The van der Waals surface area contributed by atoms with E-state index in [0.29, 0.717) is 41.0 Å². The highest BCUT2D eigenvalue weighted by molar-refractivity contribution is 7.99. The van der Waals surface area contributed by atoms with Gasteiger partial charge >= 0.3 is 5.97 Å². The van der Waals surface area contributed by atoms with Gasteiger partial charge in [-0.2, -0.15) is 11.8 Å². The summed E-state index contributed by atoms with van der Waals surface area (Å²) in [5.41, 5.74) is 0.415. The van der Waals surface area contributed by atoms with Crippen molar-refractivity contribution in [3.05, 3.63) is 45.2 Å². The average molecular weight is 438 g/mol. The van der Waals surface area contributed by atoms with Gasteiger partial charge in [-0.15, -0.1) is 0 Å². The molecule has 6 nitrogen and oxygen atoms in total. The largest absolute Gasteiger partial charge is 0.491 e. The lowest BCUT2D eigenvalue weighted by atomic mass is 10.0. The van der Waals surface area contributed by atoms with Gasteiger partial charge in [0.05, 0.1) is 23.4 Å². The van der Waals surface area contributed by atoms with Gasteiger partial charge in [0.2, 0.25) is 0 Å². The fraction of sp³-hybridized carbons (Fsp3) is 0.429. The minimum atomic E-state index is -1.25. The number of thioether (sulfide) groups is 1. The van der Waals surface area contributed by atoms with Crippen molar-refractivity contribution in [2.75, 3.05) is 24.7 Å². The zero-order chi connectivity index (χ0) is 21.1. The number of rotatable bonds is 7. The Morgan fingerprint density at radius 1 is 1.41 bits per heavy atom. The Morgan fingerprint density at radius 2 is 2.17 bits per heavy atom. The molecule has 156 valence electrons. The van der Waals surface area contributed by atoms with Gasteiger partial charge < -0.3 is 19.1 Å². The lowest BCUT2D eigenvalue weighted by Crippen LogP contribution is -2.25. The van der Waals surface area contributed by atoms with Gasteiger partial charge in [-0.05, 0) is 17.7 Å². The number of aromatic carboxylic acids is 1. The van der Waals surface area contributed by atoms with E-state index in [-0.39, 0.29) is 17.5 Å². The van der Waals surface area contributed by atoms with E-state index in [0.717, 1.165) is 11.5 Å². The fourth-order valence-corrected chi connectivity index (χ4v) is 4.00. The molecule has 0 aliphatic carbocycles. The summed E-state index contributed by atoms with van der Waals surface area (Å²) in [4.78, 5) is 23.9. The lowest BCUT2D eigenvalue weighted by Gasteiger charge is -2.24. The van der Waals surface area contributed by atoms with Crippen molar-refractivity contribution < 1.29 is 19.4 Å². The van der Waals surface area contributed by atoms with E-state index in [1.54, 1.807) is 23.9 Å². The van der Waals surface area contributed by atoms with Gasteiger partial charge in [-0.1, -0.05) is 32.4 Å². The van der Waals surface area contributed by atoms with Crippen LogP contribution in [0.3, 0.4) is 0 Å². The number of aromatic nitrogens is 1. The van der Waals surface area contributed by atoms with Gasteiger partial charge in [0.25, 0.3) is 0 Å². The van der Waals surface area contributed by atoms with E-state index >= 15 is 0 Å². The number of carboxylic acids is 1. The summed E-state index contributed by atoms with van der Waals surface area (Å²) in [5.74, 6) is 1.88. The van der Waals surface area contributed by atoms with E-state index < -0.39 is 11.4 Å². The standard InChI is InChI=1S/C21H24ClNO5S/c1-4-29-6-5-27-20-9-19-13(7-15(20)22)16-8-18(24)14(21(25)26)10-23(16)17(11-28-19)12(2)3/h7-10,12,17H,4-6,11H2,1-3H3,(H,25,26). The van der Waals surface area contributed by atoms with Crippen LogP contribution in [0.4, 0.5) is 0 Å². The smallest absolute Gasteiger partial charge is 0.341 e. The molecule has 1 aliphatic rings. The van der Waals surface area contributed by atoms with Crippen LogP contribution in [0, 0.1) is 5.92 Å².